The first-order valence-corrected chi connectivity index (χ1v) is 8.44. The minimum absolute atomic E-state index is 0.224. The molecule has 0 saturated carbocycles. The summed E-state index contributed by atoms with van der Waals surface area (Å²) >= 11 is 0. The Bertz CT molecular complexity index is 666. The van der Waals surface area contributed by atoms with Crippen LogP contribution in [0, 0.1) is 0 Å². The zero-order chi connectivity index (χ0) is 19.1. The lowest BCUT2D eigenvalue weighted by atomic mass is 10.0. The first-order chi connectivity index (χ1) is 12.4. The maximum Gasteiger partial charge on any atom is 0.121 e. The summed E-state index contributed by atoms with van der Waals surface area (Å²) in [4.78, 5) is 0. The molecule has 0 aromatic heterocycles. The van der Waals surface area contributed by atoms with Crippen LogP contribution in [-0.2, 0) is 0 Å². The Labute approximate surface area is 155 Å². The average molecular weight is 354 g/mol. The molecule has 4 heteroatoms. The maximum absolute atomic E-state index is 5.94. The van der Waals surface area contributed by atoms with Crippen LogP contribution in [0.15, 0.2) is 72.8 Å². The van der Waals surface area contributed by atoms with E-state index in [2.05, 4.69) is 13.2 Å². The summed E-state index contributed by atoms with van der Waals surface area (Å²) < 4.78 is 22.2. The SMILES string of the molecule is C=C(C(=C)C(C)Oc1ccc(OC)cc1)C(C)Oc1ccc(OC)cc1. The van der Waals surface area contributed by atoms with E-state index in [1.807, 2.05) is 62.4 Å². The molecule has 138 valence electrons. The molecule has 0 heterocycles. The summed E-state index contributed by atoms with van der Waals surface area (Å²) in [5.41, 5.74) is 1.59. The molecule has 0 N–H and O–H groups in total. The Morgan fingerprint density at radius 2 is 0.885 bits per heavy atom. The zero-order valence-corrected chi connectivity index (χ0v) is 15.8. The van der Waals surface area contributed by atoms with Crippen LogP contribution >= 0.6 is 0 Å². The highest BCUT2D eigenvalue weighted by molar-refractivity contribution is 5.37. The molecule has 2 aromatic carbocycles. The highest BCUT2D eigenvalue weighted by Crippen LogP contribution is 2.25. The number of hydrogen-bond donors (Lipinski definition) is 0. The first kappa shape index (κ1) is 19.4. The van der Waals surface area contributed by atoms with Crippen LogP contribution in [0.1, 0.15) is 13.8 Å². The van der Waals surface area contributed by atoms with Gasteiger partial charge in [-0.05, 0) is 73.5 Å². The van der Waals surface area contributed by atoms with Crippen molar-refractivity contribution in [1.29, 1.82) is 0 Å². The summed E-state index contributed by atoms with van der Waals surface area (Å²) in [6.07, 6.45) is -0.448. The molecule has 26 heavy (non-hydrogen) atoms. The smallest absolute Gasteiger partial charge is 0.121 e. The molecule has 0 fully saturated rings. The first-order valence-electron chi connectivity index (χ1n) is 8.44. The fourth-order valence-electron chi connectivity index (χ4n) is 2.38. The summed E-state index contributed by atoms with van der Waals surface area (Å²) in [5.74, 6) is 3.07. The van der Waals surface area contributed by atoms with Gasteiger partial charge in [-0.15, -0.1) is 0 Å². The van der Waals surface area contributed by atoms with Crippen LogP contribution in [0.2, 0.25) is 0 Å². The molecule has 2 aromatic rings. The molecule has 0 aliphatic heterocycles. The Morgan fingerprint density at radius 1 is 0.615 bits per heavy atom. The van der Waals surface area contributed by atoms with Gasteiger partial charge in [0.05, 0.1) is 14.2 Å². The summed E-state index contributed by atoms with van der Waals surface area (Å²) in [7, 11) is 3.27. The van der Waals surface area contributed by atoms with Gasteiger partial charge < -0.3 is 18.9 Å². The number of ether oxygens (including phenoxy) is 4. The average Bonchev–Trinajstić information content (AvgIpc) is 2.67. The molecule has 2 atom stereocenters. The predicted octanol–water partition coefficient (Wildman–Crippen LogP) is 5.05. The van der Waals surface area contributed by atoms with Gasteiger partial charge in [0.25, 0.3) is 0 Å². The highest BCUT2D eigenvalue weighted by atomic mass is 16.5. The molecule has 0 aliphatic rings. The van der Waals surface area contributed by atoms with E-state index in [9.17, 15) is 0 Å². The van der Waals surface area contributed by atoms with Crippen LogP contribution in [0.5, 0.6) is 23.0 Å². The van der Waals surface area contributed by atoms with Crippen molar-refractivity contribution in [2.45, 2.75) is 26.1 Å². The van der Waals surface area contributed by atoms with E-state index in [0.29, 0.717) is 0 Å². The second-order valence-electron chi connectivity index (χ2n) is 5.92. The van der Waals surface area contributed by atoms with Crippen LogP contribution in [0.4, 0.5) is 0 Å². The molecule has 0 saturated heterocycles. The Kier molecular flexibility index (Phi) is 6.73. The molecule has 4 nitrogen and oxygen atoms in total. The number of hydrogen-bond acceptors (Lipinski definition) is 4. The minimum Gasteiger partial charge on any atom is -0.497 e. The maximum atomic E-state index is 5.94. The van der Waals surface area contributed by atoms with Crippen LogP contribution < -0.4 is 18.9 Å². The molecule has 0 radical (unpaired) electrons. The fraction of sp³-hybridized carbons (Fsp3) is 0.273. The second-order valence-corrected chi connectivity index (χ2v) is 5.92. The van der Waals surface area contributed by atoms with E-state index in [-0.39, 0.29) is 12.2 Å². The largest absolute Gasteiger partial charge is 0.497 e. The molecule has 0 spiro atoms. The number of methoxy groups -OCH3 is 2. The molecule has 0 aliphatic carbocycles. The van der Waals surface area contributed by atoms with E-state index in [1.165, 1.54) is 0 Å². The van der Waals surface area contributed by atoms with Gasteiger partial charge in [0, 0.05) is 0 Å². The third-order valence-corrected chi connectivity index (χ3v) is 4.14. The molecular weight excluding hydrogens is 328 g/mol. The lowest BCUT2D eigenvalue weighted by Crippen LogP contribution is -2.23. The van der Waals surface area contributed by atoms with Crippen molar-refractivity contribution in [3.63, 3.8) is 0 Å². The summed E-state index contributed by atoms with van der Waals surface area (Å²) in [5, 5.41) is 0. The third kappa shape index (κ3) is 5.06. The molecule has 0 amide bonds. The Balaban J connectivity index is 1.94. The second kappa shape index (κ2) is 8.99. The standard InChI is InChI=1S/C22H26O4/c1-15(17(3)25-21-11-7-19(23-5)8-12-21)16(2)18(4)26-22-13-9-20(24-6)10-14-22/h7-14,17-18H,1-2H2,3-6H3. The Hall–Kier alpha value is -2.88. The van der Waals surface area contributed by atoms with E-state index in [4.69, 9.17) is 18.9 Å². The van der Waals surface area contributed by atoms with Gasteiger partial charge in [-0.25, -0.2) is 0 Å². The van der Waals surface area contributed by atoms with E-state index >= 15 is 0 Å². The van der Waals surface area contributed by atoms with Crippen molar-refractivity contribution in [1.82, 2.24) is 0 Å². The number of benzene rings is 2. The molecular formula is C22H26O4. The lowest BCUT2D eigenvalue weighted by Gasteiger charge is -2.23. The summed E-state index contributed by atoms with van der Waals surface area (Å²) in [6.45, 7) is 12.1. The van der Waals surface area contributed by atoms with Crippen molar-refractivity contribution in [3.8, 4) is 23.0 Å². The fourth-order valence-corrected chi connectivity index (χ4v) is 2.38. The van der Waals surface area contributed by atoms with E-state index in [1.54, 1.807) is 14.2 Å². The van der Waals surface area contributed by atoms with Gasteiger partial charge in [-0.2, -0.15) is 0 Å². The minimum atomic E-state index is -0.224. The monoisotopic (exact) mass is 354 g/mol. The van der Waals surface area contributed by atoms with Gasteiger partial charge in [0.15, 0.2) is 0 Å². The van der Waals surface area contributed by atoms with Crippen molar-refractivity contribution in [2.75, 3.05) is 14.2 Å². The van der Waals surface area contributed by atoms with E-state index in [0.717, 1.165) is 34.1 Å². The number of rotatable bonds is 9. The highest BCUT2D eigenvalue weighted by Gasteiger charge is 2.18. The van der Waals surface area contributed by atoms with Gasteiger partial charge in [0.1, 0.15) is 35.2 Å². The predicted molar refractivity (Wildman–Crippen MR) is 104 cm³/mol. The van der Waals surface area contributed by atoms with Gasteiger partial charge >= 0.3 is 0 Å². The van der Waals surface area contributed by atoms with Crippen molar-refractivity contribution in [2.24, 2.45) is 0 Å². The lowest BCUT2D eigenvalue weighted by molar-refractivity contribution is 0.235. The quantitative estimate of drug-likeness (QED) is 0.591. The topological polar surface area (TPSA) is 36.9 Å². The van der Waals surface area contributed by atoms with Gasteiger partial charge in [-0.3, -0.25) is 0 Å². The van der Waals surface area contributed by atoms with Crippen LogP contribution in [0.3, 0.4) is 0 Å². The Morgan fingerprint density at radius 3 is 1.15 bits per heavy atom. The molecule has 2 rings (SSSR count). The van der Waals surface area contributed by atoms with Gasteiger partial charge in [0.2, 0.25) is 0 Å². The summed E-state index contributed by atoms with van der Waals surface area (Å²) in [6, 6.07) is 14.9. The normalized spacial score (nSPS) is 12.6. The molecule has 2 unspecified atom stereocenters. The van der Waals surface area contributed by atoms with Crippen molar-refractivity contribution >= 4 is 0 Å². The van der Waals surface area contributed by atoms with Gasteiger partial charge in [-0.1, -0.05) is 13.2 Å². The van der Waals surface area contributed by atoms with Crippen LogP contribution in [0.25, 0.3) is 0 Å². The third-order valence-electron chi connectivity index (χ3n) is 4.14. The van der Waals surface area contributed by atoms with E-state index < -0.39 is 0 Å². The van der Waals surface area contributed by atoms with Crippen molar-refractivity contribution < 1.29 is 18.9 Å². The zero-order valence-electron chi connectivity index (χ0n) is 15.8. The molecule has 0 bridgehead atoms. The van der Waals surface area contributed by atoms with Crippen molar-refractivity contribution in [3.05, 3.63) is 72.8 Å². The van der Waals surface area contributed by atoms with Crippen LogP contribution in [-0.4, -0.2) is 26.4 Å².